The molecule has 1 aromatic heterocycles. The molecule has 2 rings (SSSR count). The summed E-state index contributed by atoms with van der Waals surface area (Å²) < 4.78 is 8.07. The van der Waals surface area contributed by atoms with E-state index in [1.165, 1.54) is 5.69 Å². The predicted octanol–water partition coefficient (Wildman–Crippen LogP) is 3.32. The van der Waals surface area contributed by atoms with E-state index in [2.05, 4.69) is 39.9 Å². The summed E-state index contributed by atoms with van der Waals surface area (Å²) >= 11 is 0. The Morgan fingerprint density at radius 2 is 2.00 bits per heavy atom. The lowest BCUT2D eigenvalue weighted by Gasteiger charge is -2.36. The van der Waals surface area contributed by atoms with Crippen molar-refractivity contribution in [1.82, 2.24) is 4.57 Å². The average Bonchev–Trinajstić information content (AvgIpc) is 2.73. The highest BCUT2D eigenvalue weighted by Crippen LogP contribution is 2.37. The second-order valence-electron chi connectivity index (χ2n) is 7.00. The Balaban J connectivity index is 2.13. The molecule has 3 nitrogen and oxygen atoms in total. The molecule has 0 unspecified atom stereocenters. The third-order valence-corrected chi connectivity index (χ3v) is 8.97. The van der Waals surface area contributed by atoms with Crippen molar-refractivity contribution in [2.24, 2.45) is 0 Å². The van der Waals surface area contributed by atoms with Crippen LogP contribution in [0.3, 0.4) is 0 Å². The Kier molecular flexibility index (Phi) is 3.75. The number of hydrogen-bond acceptors (Lipinski definition) is 2. The Labute approximate surface area is 116 Å². The van der Waals surface area contributed by atoms with Crippen LogP contribution in [0.4, 0.5) is 0 Å². The third kappa shape index (κ3) is 3.00. The van der Waals surface area contributed by atoms with Crippen molar-refractivity contribution in [3.63, 3.8) is 0 Å². The zero-order valence-electron chi connectivity index (χ0n) is 12.7. The standard InChI is InChI=1S/C15H25NO2Si/c1-15(2,3)19(4,5)18-11-12-9-13-7-6-8-16(13)14(17)10-12/h9-10H,6-8,11H2,1-5H3. The van der Waals surface area contributed by atoms with E-state index < -0.39 is 8.32 Å². The van der Waals surface area contributed by atoms with Gasteiger partial charge in [0.1, 0.15) is 0 Å². The molecule has 0 bridgehead atoms. The van der Waals surface area contributed by atoms with Crippen LogP contribution in [0.15, 0.2) is 16.9 Å². The lowest BCUT2D eigenvalue weighted by atomic mass is 10.2. The third-order valence-electron chi connectivity index (χ3n) is 4.49. The second kappa shape index (κ2) is 4.91. The van der Waals surface area contributed by atoms with Crippen LogP contribution in [-0.2, 0) is 24.0 Å². The molecular weight excluding hydrogens is 254 g/mol. The Hall–Kier alpha value is -0.873. The summed E-state index contributed by atoms with van der Waals surface area (Å²) in [6, 6.07) is 3.88. The molecule has 0 saturated heterocycles. The smallest absolute Gasteiger partial charge is 0.251 e. The summed E-state index contributed by atoms with van der Waals surface area (Å²) in [4.78, 5) is 12.0. The quantitative estimate of drug-likeness (QED) is 0.795. The normalized spacial score (nSPS) is 15.6. The van der Waals surface area contributed by atoms with Gasteiger partial charge in [0.25, 0.3) is 5.56 Å². The molecule has 106 valence electrons. The fourth-order valence-electron chi connectivity index (χ4n) is 2.15. The molecule has 1 aliphatic heterocycles. The molecule has 19 heavy (non-hydrogen) atoms. The van der Waals surface area contributed by atoms with E-state index in [1.807, 2.05) is 4.57 Å². The Bertz CT molecular complexity index is 526. The maximum absolute atomic E-state index is 12.0. The van der Waals surface area contributed by atoms with Crippen molar-refractivity contribution in [3.8, 4) is 0 Å². The van der Waals surface area contributed by atoms with Gasteiger partial charge in [-0.2, -0.15) is 0 Å². The number of hydrogen-bond donors (Lipinski definition) is 0. The molecule has 0 aromatic carbocycles. The van der Waals surface area contributed by atoms with Gasteiger partial charge in [0, 0.05) is 18.3 Å². The minimum atomic E-state index is -1.74. The van der Waals surface area contributed by atoms with Crippen LogP contribution < -0.4 is 5.56 Å². The summed E-state index contributed by atoms with van der Waals surface area (Å²) in [6.07, 6.45) is 2.10. The number of pyridine rings is 1. The molecule has 0 radical (unpaired) electrons. The van der Waals surface area contributed by atoms with E-state index in [1.54, 1.807) is 6.07 Å². The maximum atomic E-state index is 12.0. The largest absolute Gasteiger partial charge is 0.413 e. The monoisotopic (exact) mass is 279 g/mol. The first-order valence-electron chi connectivity index (χ1n) is 7.07. The van der Waals surface area contributed by atoms with Gasteiger partial charge in [-0.3, -0.25) is 4.79 Å². The maximum Gasteiger partial charge on any atom is 0.251 e. The number of fused-ring (bicyclic) bond motifs is 1. The molecule has 0 aliphatic carbocycles. The van der Waals surface area contributed by atoms with Crippen LogP contribution in [0.5, 0.6) is 0 Å². The van der Waals surface area contributed by atoms with Crippen LogP contribution in [0.1, 0.15) is 38.4 Å². The summed E-state index contributed by atoms with van der Waals surface area (Å²) in [6.45, 7) is 12.6. The number of aromatic nitrogens is 1. The van der Waals surface area contributed by atoms with E-state index in [9.17, 15) is 4.79 Å². The number of aryl methyl sites for hydroxylation is 1. The minimum Gasteiger partial charge on any atom is -0.413 e. The lowest BCUT2D eigenvalue weighted by molar-refractivity contribution is 0.276. The highest BCUT2D eigenvalue weighted by Gasteiger charge is 2.37. The Morgan fingerprint density at radius 3 is 2.63 bits per heavy atom. The van der Waals surface area contributed by atoms with Gasteiger partial charge in [-0.25, -0.2) is 0 Å². The zero-order valence-corrected chi connectivity index (χ0v) is 13.7. The lowest BCUT2D eigenvalue weighted by Crippen LogP contribution is -2.40. The fourth-order valence-corrected chi connectivity index (χ4v) is 3.11. The summed E-state index contributed by atoms with van der Waals surface area (Å²) in [7, 11) is -1.74. The van der Waals surface area contributed by atoms with Gasteiger partial charge in [-0.1, -0.05) is 20.8 Å². The van der Waals surface area contributed by atoms with Gasteiger partial charge in [0.15, 0.2) is 8.32 Å². The van der Waals surface area contributed by atoms with E-state index in [0.717, 1.165) is 24.9 Å². The van der Waals surface area contributed by atoms with Gasteiger partial charge in [-0.05, 0) is 42.6 Å². The summed E-state index contributed by atoms with van der Waals surface area (Å²) in [5.41, 5.74) is 2.33. The molecule has 0 spiro atoms. The van der Waals surface area contributed by atoms with Crippen LogP contribution in [0.2, 0.25) is 18.1 Å². The van der Waals surface area contributed by atoms with Crippen molar-refractivity contribution in [2.45, 2.75) is 64.9 Å². The molecular formula is C15H25NO2Si. The molecule has 0 saturated carbocycles. The number of nitrogens with zero attached hydrogens (tertiary/aromatic N) is 1. The predicted molar refractivity (Wildman–Crippen MR) is 81.0 cm³/mol. The van der Waals surface area contributed by atoms with Crippen molar-refractivity contribution in [3.05, 3.63) is 33.7 Å². The second-order valence-corrected chi connectivity index (χ2v) is 11.8. The van der Waals surface area contributed by atoms with Crippen molar-refractivity contribution >= 4 is 8.32 Å². The molecule has 0 atom stereocenters. The molecule has 1 aromatic rings. The first kappa shape index (κ1) is 14.5. The SMILES string of the molecule is CC(C)(C)[Si](C)(C)OCc1cc2n(c(=O)c1)CCC2. The van der Waals surface area contributed by atoms with E-state index in [0.29, 0.717) is 6.61 Å². The molecule has 1 aliphatic rings. The highest BCUT2D eigenvalue weighted by molar-refractivity contribution is 6.74. The van der Waals surface area contributed by atoms with Gasteiger partial charge in [-0.15, -0.1) is 0 Å². The van der Waals surface area contributed by atoms with Crippen molar-refractivity contribution < 1.29 is 4.43 Å². The summed E-state index contributed by atoms with van der Waals surface area (Å²) in [5, 5.41) is 0.207. The molecule has 2 heterocycles. The van der Waals surface area contributed by atoms with Crippen molar-refractivity contribution in [2.75, 3.05) is 0 Å². The molecule has 0 N–H and O–H groups in total. The fraction of sp³-hybridized carbons (Fsp3) is 0.667. The molecule has 4 heteroatoms. The van der Waals surface area contributed by atoms with Gasteiger partial charge in [0.2, 0.25) is 0 Å². The highest BCUT2D eigenvalue weighted by atomic mass is 28.4. The molecule has 0 amide bonds. The topological polar surface area (TPSA) is 31.2 Å². The van der Waals surface area contributed by atoms with Crippen LogP contribution in [0.25, 0.3) is 0 Å². The number of rotatable bonds is 3. The minimum absolute atomic E-state index is 0.129. The first-order chi connectivity index (χ1) is 8.71. The first-order valence-corrected chi connectivity index (χ1v) is 9.98. The summed E-state index contributed by atoms with van der Waals surface area (Å²) in [5.74, 6) is 0. The van der Waals surface area contributed by atoms with Crippen LogP contribution in [-0.4, -0.2) is 12.9 Å². The molecule has 0 fully saturated rings. The zero-order chi connectivity index (χ0) is 14.3. The van der Waals surface area contributed by atoms with Gasteiger partial charge in [0.05, 0.1) is 6.61 Å². The van der Waals surface area contributed by atoms with Gasteiger partial charge >= 0.3 is 0 Å². The Morgan fingerprint density at radius 1 is 1.32 bits per heavy atom. The average molecular weight is 279 g/mol. The van der Waals surface area contributed by atoms with E-state index in [-0.39, 0.29) is 10.6 Å². The van der Waals surface area contributed by atoms with E-state index >= 15 is 0 Å². The van der Waals surface area contributed by atoms with Crippen LogP contribution >= 0.6 is 0 Å². The van der Waals surface area contributed by atoms with Gasteiger partial charge < -0.3 is 8.99 Å². The van der Waals surface area contributed by atoms with Crippen LogP contribution in [0, 0.1) is 0 Å². The van der Waals surface area contributed by atoms with E-state index in [4.69, 9.17) is 4.43 Å². The van der Waals surface area contributed by atoms with Crippen molar-refractivity contribution in [1.29, 1.82) is 0 Å².